The summed E-state index contributed by atoms with van der Waals surface area (Å²) in [7, 11) is 2.91. The molecule has 1 rings (SSSR count). The summed E-state index contributed by atoms with van der Waals surface area (Å²) < 4.78 is 6.17. The van der Waals surface area contributed by atoms with E-state index in [1.165, 1.54) is 14.0 Å². The fraction of sp³-hybridized carbons (Fsp3) is 0.583. The van der Waals surface area contributed by atoms with Crippen LogP contribution in [0.25, 0.3) is 0 Å². The minimum Gasteiger partial charge on any atom is -0.480 e. The molecule has 1 heterocycles. The van der Waals surface area contributed by atoms with Crippen molar-refractivity contribution in [3.8, 4) is 0 Å². The van der Waals surface area contributed by atoms with Crippen molar-refractivity contribution in [2.75, 3.05) is 7.11 Å². The van der Waals surface area contributed by atoms with Crippen molar-refractivity contribution in [2.45, 2.75) is 26.7 Å². The maximum Gasteiger partial charge on any atom is 0.323 e. The van der Waals surface area contributed by atoms with Gasteiger partial charge in [-0.3, -0.25) is 14.3 Å². The van der Waals surface area contributed by atoms with E-state index < -0.39 is 17.4 Å². The molecule has 6 heteroatoms. The average molecular weight is 254 g/mol. The number of esters is 1. The molecule has 0 radical (unpaired) electrons. The Labute approximate surface area is 106 Å². The van der Waals surface area contributed by atoms with Gasteiger partial charge in [0, 0.05) is 19.2 Å². The molecule has 0 spiro atoms. The first-order valence-electron chi connectivity index (χ1n) is 5.68. The third-order valence-electron chi connectivity index (χ3n) is 3.03. The Morgan fingerprint density at radius 3 is 2.56 bits per heavy atom. The number of hydrogen-bond donors (Lipinski definition) is 1. The van der Waals surface area contributed by atoms with E-state index in [2.05, 4.69) is 9.84 Å². The number of aliphatic carboxylic acids is 1. The first-order chi connectivity index (χ1) is 8.35. The van der Waals surface area contributed by atoms with Crippen molar-refractivity contribution in [3.05, 3.63) is 17.5 Å². The van der Waals surface area contributed by atoms with Gasteiger partial charge in [-0.25, -0.2) is 0 Å². The molecule has 0 aliphatic carbocycles. The van der Waals surface area contributed by atoms with Crippen LogP contribution in [0, 0.1) is 5.41 Å². The zero-order chi connectivity index (χ0) is 13.9. The van der Waals surface area contributed by atoms with Crippen LogP contribution in [0.2, 0.25) is 0 Å². The minimum absolute atomic E-state index is 0.0541. The lowest BCUT2D eigenvalue weighted by Gasteiger charge is -2.21. The maximum absolute atomic E-state index is 11.6. The number of nitrogens with zero attached hydrogens (tertiary/aromatic N) is 2. The zero-order valence-electron chi connectivity index (χ0n) is 11.1. The van der Waals surface area contributed by atoms with Crippen LogP contribution in [0.3, 0.4) is 0 Å². The van der Waals surface area contributed by atoms with Gasteiger partial charge in [0.25, 0.3) is 0 Å². The molecule has 100 valence electrons. The number of aromatic nitrogens is 2. The smallest absolute Gasteiger partial charge is 0.323 e. The minimum atomic E-state index is -1.59. The number of aryl methyl sites for hydroxylation is 2. The standard InChI is InChI=1S/C12H18N2O4/c1-5-8-6-9(14(3)13-8)7-12(2,10(15)16)11(17)18-4/h6H,5,7H2,1-4H3,(H,15,16). The number of carboxylic acid groups (broad SMARTS) is 1. The Morgan fingerprint density at radius 2 is 2.17 bits per heavy atom. The highest BCUT2D eigenvalue weighted by molar-refractivity contribution is 5.98. The van der Waals surface area contributed by atoms with E-state index in [4.69, 9.17) is 0 Å². The Morgan fingerprint density at radius 1 is 1.56 bits per heavy atom. The fourth-order valence-corrected chi connectivity index (χ4v) is 1.73. The molecule has 1 unspecified atom stereocenters. The largest absolute Gasteiger partial charge is 0.480 e. The van der Waals surface area contributed by atoms with Gasteiger partial charge < -0.3 is 9.84 Å². The molecule has 0 saturated heterocycles. The first-order valence-corrected chi connectivity index (χ1v) is 5.68. The third kappa shape index (κ3) is 2.52. The van der Waals surface area contributed by atoms with Gasteiger partial charge in [-0.2, -0.15) is 5.10 Å². The van der Waals surface area contributed by atoms with E-state index >= 15 is 0 Å². The number of carbonyl (C=O) groups excluding carboxylic acids is 1. The summed E-state index contributed by atoms with van der Waals surface area (Å²) in [4.78, 5) is 22.9. The Hall–Kier alpha value is -1.85. The second-order valence-corrected chi connectivity index (χ2v) is 4.41. The number of ether oxygens (including phenoxy) is 1. The van der Waals surface area contributed by atoms with Crippen LogP contribution >= 0.6 is 0 Å². The van der Waals surface area contributed by atoms with Gasteiger partial charge in [0.15, 0.2) is 5.41 Å². The van der Waals surface area contributed by atoms with Gasteiger partial charge in [-0.1, -0.05) is 6.92 Å². The lowest BCUT2D eigenvalue weighted by molar-refractivity contribution is -0.165. The van der Waals surface area contributed by atoms with Crippen molar-refractivity contribution in [1.82, 2.24) is 9.78 Å². The van der Waals surface area contributed by atoms with Crippen LogP contribution in [0.15, 0.2) is 6.07 Å². The number of hydrogen-bond acceptors (Lipinski definition) is 4. The van der Waals surface area contributed by atoms with E-state index in [1.807, 2.05) is 13.0 Å². The second-order valence-electron chi connectivity index (χ2n) is 4.41. The summed E-state index contributed by atoms with van der Waals surface area (Å²) in [6.45, 7) is 3.32. The normalized spacial score (nSPS) is 14.0. The van der Waals surface area contributed by atoms with E-state index in [-0.39, 0.29) is 6.42 Å². The molecule has 0 aliphatic rings. The molecule has 18 heavy (non-hydrogen) atoms. The predicted octanol–water partition coefficient (Wildman–Crippen LogP) is 0.789. The van der Waals surface area contributed by atoms with E-state index in [1.54, 1.807) is 11.7 Å². The summed E-state index contributed by atoms with van der Waals surface area (Å²) in [5, 5.41) is 13.4. The molecular formula is C12H18N2O4. The van der Waals surface area contributed by atoms with Crippen molar-refractivity contribution in [2.24, 2.45) is 12.5 Å². The van der Waals surface area contributed by atoms with Gasteiger partial charge >= 0.3 is 11.9 Å². The monoisotopic (exact) mass is 254 g/mol. The molecule has 1 aromatic heterocycles. The number of carboxylic acids is 1. The van der Waals surface area contributed by atoms with Gasteiger partial charge in [0.1, 0.15) is 0 Å². The molecule has 0 aromatic carbocycles. The van der Waals surface area contributed by atoms with Crippen LogP contribution in [0.4, 0.5) is 0 Å². The van der Waals surface area contributed by atoms with Crippen molar-refractivity contribution < 1.29 is 19.4 Å². The van der Waals surface area contributed by atoms with E-state index in [9.17, 15) is 14.7 Å². The van der Waals surface area contributed by atoms with E-state index in [0.29, 0.717) is 5.69 Å². The molecule has 6 nitrogen and oxygen atoms in total. The van der Waals surface area contributed by atoms with Crippen LogP contribution in [0.5, 0.6) is 0 Å². The highest BCUT2D eigenvalue weighted by atomic mass is 16.5. The molecule has 0 bridgehead atoms. The molecule has 1 atom stereocenters. The summed E-state index contributed by atoms with van der Waals surface area (Å²) in [5.41, 5.74) is -0.0275. The lowest BCUT2D eigenvalue weighted by Crippen LogP contribution is -2.39. The first kappa shape index (κ1) is 14.2. The predicted molar refractivity (Wildman–Crippen MR) is 64.0 cm³/mol. The van der Waals surface area contributed by atoms with Crippen molar-refractivity contribution in [1.29, 1.82) is 0 Å². The van der Waals surface area contributed by atoms with Gasteiger partial charge in [-0.15, -0.1) is 0 Å². The number of rotatable bonds is 5. The van der Waals surface area contributed by atoms with Crippen molar-refractivity contribution in [3.63, 3.8) is 0 Å². The molecule has 1 N–H and O–H groups in total. The highest BCUT2D eigenvalue weighted by Gasteiger charge is 2.43. The Balaban J connectivity index is 3.07. The van der Waals surface area contributed by atoms with Gasteiger partial charge in [0.05, 0.1) is 12.8 Å². The quantitative estimate of drug-likeness (QED) is 0.620. The van der Waals surface area contributed by atoms with Crippen molar-refractivity contribution >= 4 is 11.9 Å². The zero-order valence-corrected chi connectivity index (χ0v) is 11.1. The third-order valence-corrected chi connectivity index (χ3v) is 3.03. The molecule has 1 aromatic rings. The second kappa shape index (κ2) is 5.20. The number of carbonyl (C=O) groups is 2. The summed E-state index contributed by atoms with van der Waals surface area (Å²) >= 11 is 0. The maximum atomic E-state index is 11.6. The van der Waals surface area contributed by atoms with E-state index in [0.717, 1.165) is 12.1 Å². The van der Waals surface area contributed by atoms with Crippen LogP contribution < -0.4 is 0 Å². The summed E-state index contributed by atoms with van der Waals surface area (Å²) in [6.07, 6.45) is 0.814. The SMILES string of the molecule is CCc1cc(CC(C)(C(=O)O)C(=O)OC)n(C)n1. The van der Waals surface area contributed by atoms with Crippen LogP contribution in [0.1, 0.15) is 25.2 Å². The fourth-order valence-electron chi connectivity index (χ4n) is 1.73. The van der Waals surface area contributed by atoms with Gasteiger partial charge in [-0.05, 0) is 19.4 Å². The topological polar surface area (TPSA) is 81.4 Å². The Bertz CT molecular complexity index is 467. The molecule has 0 aliphatic heterocycles. The molecule has 0 fully saturated rings. The Kier molecular flexibility index (Phi) is 4.11. The summed E-state index contributed by atoms with van der Waals surface area (Å²) in [6, 6.07) is 1.81. The molecule has 0 amide bonds. The lowest BCUT2D eigenvalue weighted by atomic mass is 9.85. The van der Waals surface area contributed by atoms with Gasteiger partial charge in [0.2, 0.25) is 0 Å². The molecule has 0 saturated carbocycles. The highest BCUT2D eigenvalue weighted by Crippen LogP contribution is 2.25. The summed E-state index contributed by atoms with van der Waals surface area (Å²) in [5.74, 6) is -1.96. The average Bonchev–Trinajstić information content (AvgIpc) is 2.68. The van der Waals surface area contributed by atoms with Crippen LogP contribution in [-0.4, -0.2) is 33.9 Å². The van der Waals surface area contributed by atoms with Crippen LogP contribution in [-0.2, 0) is 34.2 Å². The molecular weight excluding hydrogens is 236 g/mol. The number of methoxy groups -OCH3 is 1.